The van der Waals surface area contributed by atoms with Gasteiger partial charge in [0.2, 0.25) is 0 Å². The van der Waals surface area contributed by atoms with E-state index in [1.54, 1.807) is 3.58 Å². The van der Waals surface area contributed by atoms with E-state index in [1.165, 1.54) is 78.6 Å². The number of unbranched alkanes of at least 4 members (excludes halogenated alkanes) is 3. The second-order valence-electron chi connectivity index (χ2n) is 10.4. The summed E-state index contributed by atoms with van der Waals surface area (Å²) >= 11 is 1.47. The molecule has 0 saturated heterocycles. The van der Waals surface area contributed by atoms with E-state index >= 15 is 0 Å². The van der Waals surface area contributed by atoms with Crippen molar-refractivity contribution in [2.45, 2.75) is 112 Å². The fourth-order valence-electron chi connectivity index (χ4n) is 5.28. The van der Waals surface area contributed by atoms with Gasteiger partial charge in [0.25, 0.3) is 0 Å². The van der Waals surface area contributed by atoms with Crippen LogP contribution in [0.1, 0.15) is 110 Å². The van der Waals surface area contributed by atoms with Crippen molar-refractivity contribution in [2.24, 2.45) is 0 Å². The molecule has 178 valence electrons. The summed E-state index contributed by atoms with van der Waals surface area (Å²) in [6.07, 6.45) is 8.20. The van der Waals surface area contributed by atoms with Crippen LogP contribution in [0.3, 0.4) is 0 Å². The van der Waals surface area contributed by atoms with Crippen LogP contribution in [0, 0.1) is 0 Å². The zero-order valence-corrected chi connectivity index (χ0v) is 26.3. The summed E-state index contributed by atoms with van der Waals surface area (Å²) in [5.41, 5.74) is 5.95. The van der Waals surface area contributed by atoms with Crippen LogP contribution in [0.15, 0.2) is 40.9 Å². The number of hydrogen-bond acceptors (Lipinski definition) is 0. The van der Waals surface area contributed by atoms with Crippen LogP contribution < -0.4 is 3.58 Å². The first-order chi connectivity index (χ1) is 15.3. The predicted molar refractivity (Wildman–Crippen MR) is 152 cm³/mol. The van der Waals surface area contributed by atoms with Crippen LogP contribution in [0.4, 0.5) is 0 Å². The fraction of sp³-hybridized carbons (Fsp3) is 0.600. The molecule has 0 aromatic heterocycles. The van der Waals surface area contributed by atoms with E-state index in [2.05, 4.69) is 101 Å². The third-order valence-electron chi connectivity index (χ3n) is 7.20. The molecule has 0 radical (unpaired) electrons. The summed E-state index contributed by atoms with van der Waals surface area (Å²) in [6.45, 7) is 16.5. The van der Waals surface area contributed by atoms with Crippen molar-refractivity contribution in [1.82, 2.24) is 0 Å². The first-order valence-corrected chi connectivity index (χ1v) is 21.5. The minimum absolute atomic E-state index is 0.527. The van der Waals surface area contributed by atoms with Gasteiger partial charge in [-0.25, -0.2) is 0 Å². The van der Waals surface area contributed by atoms with Crippen LogP contribution in [0.5, 0.6) is 0 Å². The van der Waals surface area contributed by atoms with Crippen LogP contribution in [0.25, 0.3) is 11.1 Å². The first-order valence-electron chi connectivity index (χ1n) is 13.2. The molecule has 0 aliphatic carbocycles. The normalized spacial score (nSPS) is 12.2. The molecule has 0 aliphatic heterocycles. The molecule has 0 aliphatic rings. The molecule has 0 fully saturated rings. The number of halogens is 1. The molecule has 0 atom stereocenters. The average molecular weight is 606 g/mol. The third kappa shape index (κ3) is 7.11. The van der Waals surface area contributed by atoms with E-state index in [0.717, 1.165) is 0 Å². The molecule has 2 aromatic rings. The van der Waals surface area contributed by atoms with E-state index in [9.17, 15) is 0 Å². The SMILES string of the molecule is CCC[CH2][Sn]([CH2]CCC)([CH2]CCC)[c]1cc(Br)cc(-c2c(C(C)C)cccc2C(C)C)c1. The number of benzene rings is 2. The van der Waals surface area contributed by atoms with E-state index < -0.39 is 18.4 Å². The van der Waals surface area contributed by atoms with Gasteiger partial charge in [0, 0.05) is 0 Å². The van der Waals surface area contributed by atoms with Gasteiger partial charge in [0.1, 0.15) is 0 Å². The van der Waals surface area contributed by atoms with Crippen LogP contribution >= 0.6 is 15.9 Å². The molecule has 0 heterocycles. The third-order valence-corrected chi connectivity index (χ3v) is 23.2. The molecule has 2 heteroatoms. The first kappa shape index (κ1) is 28.0. The molecule has 2 rings (SSSR count). The van der Waals surface area contributed by atoms with E-state index in [1.807, 2.05) is 0 Å². The molecule has 0 nitrogen and oxygen atoms in total. The van der Waals surface area contributed by atoms with Crippen LogP contribution in [-0.2, 0) is 0 Å². The van der Waals surface area contributed by atoms with Gasteiger partial charge in [-0.05, 0) is 0 Å². The maximum absolute atomic E-state index is 3.96. The Labute approximate surface area is 212 Å². The maximum atomic E-state index is 3.96. The van der Waals surface area contributed by atoms with Gasteiger partial charge in [-0.2, -0.15) is 0 Å². The molecular formula is C30H47BrSn. The van der Waals surface area contributed by atoms with Gasteiger partial charge < -0.3 is 0 Å². The fourth-order valence-corrected chi connectivity index (χ4v) is 22.4. The Balaban J connectivity index is 2.73. The topological polar surface area (TPSA) is 0 Å². The van der Waals surface area contributed by atoms with Crippen molar-refractivity contribution in [3.8, 4) is 11.1 Å². The Morgan fingerprint density at radius 2 is 1.19 bits per heavy atom. The van der Waals surface area contributed by atoms with Gasteiger partial charge in [0.15, 0.2) is 0 Å². The van der Waals surface area contributed by atoms with Crippen molar-refractivity contribution in [3.05, 3.63) is 52.0 Å². The summed E-state index contributed by atoms with van der Waals surface area (Å²) < 4.78 is 7.61. The van der Waals surface area contributed by atoms with Crippen molar-refractivity contribution in [2.75, 3.05) is 0 Å². The summed E-state index contributed by atoms with van der Waals surface area (Å²) in [4.78, 5) is 0. The van der Waals surface area contributed by atoms with Crippen LogP contribution in [0.2, 0.25) is 13.3 Å². The molecule has 2 aromatic carbocycles. The molecule has 32 heavy (non-hydrogen) atoms. The van der Waals surface area contributed by atoms with Gasteiger partial charge >= 0.3 is 213 Å². The van der Waals surface area contributed by atoms with Gasteiger partial charge in [-0.15, -0.1) is 0 Å². The standard InChI is InChI=1S/C18H20Br.3C4H9.Sn/c1-12(2)16-9-6-10-17(13(3)4)18(16)14-7-5-8-15(19)11-14;3*1-3-4-2;/h6-13H,1-4H3;3*1,3-4H2,2H3;. The summed E-state index contributed by atoms with van der Waals surface area (Å²) in [7, 11) is 0. The zero-order valence-electron chi connectivity index (χ0n) is 21.9. The Morgan fingerprint density at radius 3 is 1.59 bits per heavy atom. The van der Waals surface area contributed by atoms with Crippen molar-refractivity contribution in [3.63, 3.8) is 0 Å². The number of rotatable bonds is 13. The van der Waals surface area contributed by atoms with Crippen molar-refractivity contribution in [1.29, 1.82) is 0 Å². The van der Waals surface area contributed by atoms with Gasteiger partial charge in [0.05, 0.1) is 0 Å². The van der Waals surface area contributed by atoms with Crippen molar-refractivity contribution >= 4 is 37.9 Å². The molecule has 0 unspecified atom stereocenters. The minimum atomic E-state index is -2.49. The summed E-state index contributed by atoms with van der Waals surface area (Å²) in [5, 5.41) is 0. The summed E-state index contributed by atoms with van der Waals surface area (Å²) in [5.74, 6) is 1.05. The molecule has 0 spiro atoms. The average Bonchev–Trinajstić information content (AvgIpc) is 2.77. The predicted octanol–water partition coefficient (Wildman–Crippen LogP) is 10.4. The second-order valence-corrected chi connectivity index (χ2v) is 24.6. The Kier molecular flexibility index (Phi) is 11.9. The Hall–Kier alpha value is -0.281. The molecular weight excluding hydrogens is 559 g/mol. The van der Waals surface area contributed by atoms with E-state index in [0.29, 0.717) is 11.8 Å². The zero-order chi connectivity index (χ0) is 23.7. The quantitative estimate of drug-likeness (QED) is 0.199. The van der Waals surface area contributed by atoms with E-state index in [-0.39, 0.29) is 0 Å². The van der Waals surface area contributed by atoms with E-state index in [4.69, 9.17) is 0 Å². The molecule has 0 N–H and O–H groups in total. The van der Waals surface area contributed by atoms with Crippen molar-refractivity contribution < 1.29 is 0 Å². The second kappa shape index (κ2) is 13.6. The summed E-state index contributed by atoms with van der Waals surface area (Å²) in [6, 6.07) is 14.6. The molecule has 0 saturated carbocycles. The molecule has 0 bridgehead atoms. The molecule has 0 amide bonds. The van der Waals surface area contributed by atoms with Gasteiger partial charge in [-0.3, -0.25) is 0 Å². The monoisotopic (exact) mass is 606 g/mol. The Morgan fingerprint density at radius 1 is 0.719 bits per heavy atom. The van der Waals surface area contributed by atoms with Gasteiger partial charge in [-0.1, -0.05) is 0 Å². The van der Waals surface area contributed by atoms with Crippen LogP contribution in [-0.4, -0.2) is 18.4 Å². The number of hydrogen-bond donors (Lipinski definition) is 0. The Bertz CT molecular complexity index is 789.